The van der Waals surface area contributed by atoms with E-state index >= 15 is 0 Å². The SMILES string of the molecule is COc1ccccc1OCCNCc1ccccc1Sc1ccccc1OC. The average molecular weight is 396 g/mol. The summed E-state index contributed by atoms with van der Waals surface area (Å²) in [6.45, 7) is 2.08. The highest BCUT2D eigenvalue weighted by molar-refractivity contribution is 7.99. The maximum atomic E-state index is 5.81. The highest BCUT2D eigenvalue weighted by atomic mass is 32.2. The Hall–Kier alpha value is -2.63. The maximum absolute atomic E-state index is 5.81. The molecule has 3 aromatic rings. The highest BCUT2D eigenvalue weighted by Crippen LogP contribution is 2.36. The fourth-order valence-corrected chi connectivity index (χ4v) is 3.82. The van der Waals surface area contributed by atoms with Gasteiger partial charge in [0.15, 0.2) is 11.5 Å². The van der Waals surface area contributed by atoms with Crippen LogP contribution >= 0.6 is 11.8 Å². The number of hydrogen-bond acceptors (Lipinski definition) is 5. The Kier molecular flexibility index (Phi) is 7.64. The molecule has 0 aliphatic heterocycles. The fraction of sp³-hybridized carbons (Fsp3) is 0.217. The average Bonchev–Trinajstić information content (AvgIpc) is 2.75. The first-order chi connectivity index (χ1) is 13.8. The molecule has 0 saturated heterocycles. The van der Waals surface area contributed by atoms with Crippen LogP contribution in [0, 0.1) is 0 Å². The smallest absolute Gasteiger partial charge is 0.161 e. The molecule has 5 heteroatoms. The van der Waals surface area contributed by atoms with Gasteiger partial charge in [-0.25, -0.2) is 0 Å². The Morgan fingerprint density at radius 2 is 1.32 bits per heavy atom. The van der Waals surface area contributed by atoms with Crippen molar-refractivity contribution in [2.45, 2.75) is 16.3 Å². The van der Waals surface area contributed by atoms with Crippen LogP contribution in [0.1, 0.15) is 5.56 Å². The molecule has 28 heavy (non-hydrogen) atoms. The molecule has 3 rings (SSSR count). The number of benzene rings is 3. The first-order valence-electron chi connectivity index (χ1n) is 9.17. The van der Waals surface area contributed by atoms with E-state index in [0.29, 0.717) is 6.61 Å². The summed E-state index contributed by atoms with van der Waals surface area (Å²) in [7, 11) is 3.35. The third-order valence-electron chi connectivity index (χ3n) is 4.18. The zero-order valence-corrected chi connectivity index (χ0v) is 17.0. The van der Waals surface area contributed by atoms with E-state index < -0.39 is 0 Å². The van der Waals surface area contributed by atoms with Crippen LogP contribution in [0.2, 0.25) is 0 Å². The fourth-order valence-electron chi connectivity index (χ4n) is 2.77. The Morgan fingerprint density at radius 1 is 0.714 bits per heavy atom. The molecular weight excluding hydrogens is 370 g/mol. The third-order valence-corrected chi connectivity index (χ3v) is 5.36. The molecule has 0 aromatic heterocycles. The van der Waals surface area contributed by atoms with Crippen molar-refractivity contribution in [1.82, 2.24) is 5.32 Å². The molecule has 0 amide bonds. The topological polar surface area (TPSA) is 39.7 Å². The van der Waals surface area contributed by atoms with E-state index in [4.69, 9.17) is 14.2 Å². The summed E-state index contributed by atoms with van der Waals surface area (Å²) in [6, 6.07) is 24.2. The second-order valence-electron chi connectivity index (χ2n) is 6.04. The quantitative estimate of drug-likeness (QED) is 0.488. The van der Waals surface area contributed by atoms with Gasteiger partial charge in [0.2, 0.25) is 0 Å². The molecule has 0 unspecified atom stereocenters. The summed E-state index contributed by atoms with van der Waals surface area (Å²) in [6.07, 6.45) is 0. The molecule has 0 saturated carbocycles. The Morgan fingerprint density at radius 3 is 2.07 bits per heavy atom. The largest absolute Gasteiger partial charge is 0.496 e. The van der Waals surface area contributed by atoms with Gasteiger partial charge in [0.05, 0.1) is 19.1 Å². The van der Waals surface area contributed by atoms with Crippen LogP contribution in [0.15, 0.2) is 82.6 Å². The van der Waals surface area contributed by atoms with Gasteiger partial charge in [-0.15, -0.1) is 0 Å². The maximum Gasteiger partial charge on any atom is 0.161 e. The van der Waals surface area contributed by atoms with Crippen LogP contribution in [0.3, 0.4) is 0 Å². The molecule has 3 aromatic carbocycles. The lowest BCUT2D eigenvalue weighted by molar-refractivity contribution is 0.292. The van der Waals surface area contributed by atoms with Gasteiger partial charge in [-0.1, -0.05) is 54.2 Å². The molecule has 146 valence electrons. The van der Waals surface area contributed by atoms with Gasteiger partial charge in [0.1, 0.15) is 12.4 Å². The predicted octanol–water partition coefficient (Wildman–Crippen LogP) is 5.02. The van der Waals surface area contributed by atoms with Crippen molar-refractivity contribution in [2.24, 2.45) is 0 Å². The number of para-hydroxylation sites is 3. The van der Waals surface area contributed by atoms with Gasteiger partial charge in [0, 0.05) is 18.0 Å². The van der Waals surface area contributed by atoms with Crippen molar-refractivity contribution < 1.29 is 14.2 Å². The molecule has 1 N–H and O–H groups in total. The van der Waals surface area contributed by atoms with Gasteiger partial charge in [-0.05, 0) is 35.9 Å². The second-order valence-corrected chi connectivity index (χ2v) is 7.12. The van der Waals surface area contributed by atoms with Crippen LogP contribution in [-0.4, -0.2) is 27.4 Å². The van der Waals surface area contributed by atoms with Gasteiger partial charge in [0.25, 0.3) is 0 Å². The zero-order chi connectivity index (χ0) is 19.6. The van der Waals surface area contributed by atoms with Crippen molar-refractivity contribution >= 4 is 11.8 Å². The van der Waals surface area contributed by atoms with Crippen LogP contribution in [0.5, 0.6) is 17.2 Å². The minimum atomic E-state index is 0.572. The van der Waals surface area contributed by atoms with Crippen molar-refractivity contribution in [3.63, 3.8) is 0 Å². The highest BCUT2D eigenvalue weighted by Gasteiger charge is 2.08. The molecule has 4 nitrogen and oxygen atoms in total. The number of rotatable bonds is 10. The van der Waals surface area contributed by atoms with E-state index in [-0.39, 0.29) is 0 Å². The lowest BCUT2D eigenvalue weighted by Crippen LogP contribution is -2.21. The first kappa shape index (κ1) is 20.1. The van der Waals surface area contributed by atoms with E-state index in [0.717, 1.165) is 35.2 Å². The van der Waals surface area contributed by atoms with Crippen LogP contribution < -0.4 is 19.5 Å². The molecule has 0 radical (unpaired) electrons. The molecule has 0 bridgehead atoms. The van der Waals surface area contributed by atoms with Crippen LogP contribution in [-0.2, 0) is 6.54 Å². The summed E-state index contributed by atoms with van der Waals surface area (Å²) >= 11 is 1.72. The van der Waals surface area contributed by atoms with Crippen molar-refractivity contribution in [2.75, 3.05) is 27.4 Å². The van der Waals surface area contributed by atoms with E-state index in [2.05, 4.69) is 35.6 Å². The van der Waals surface area contributed by atoms with Gasteiger partial charge in [-0.3, -0.25) is 0 Å². The number of ether oxygens (including phenoxy) is 3. The van der Waals surface area contributed by atoms with E-state index in [1.807, 2.05) is 42.5 Å². The predicted molar refractivity (Wildman–Crippen MR) is 114 cm³/mol. The molecule has 0 fully saturated rings. The van der Waals surface area contributed by atoms with E-state index in [9.17, 15) is 0 Å². The normalized spacial score (nSPS) is 10.5. The van der Waals surface area contributed by atoms with Crippen molar-refractivity contribution in [3.8, 4) is 17.2 Å². The number of nitrogens with one attached hydrogen (secondary N) is 1. The molecule has 0 heterocycles. The first-order valence-corrected chi connectivity index (χ1v) is 9.99. The zero-order valence-electron chi connectivity index (χ0n) is 16.2. The second kappa shape index (κ2) is 10.6. The van der Waals surface area contributed by atoms with Crippen molar-refractivity contribution in [3.05, 3.63) is 78.4 Å². The third kappa shape index (κ3) is 5.44. The molecule has 0 aliphatic rings. The summed E-state index contributed by atoms with van der Waals surface area (Å²) < 4.78 is 16.6. The Balaban J connectivity index is 1.54. The summed E-state index contributed by atoms with van der Waals surface area (Å²) in [5.74, 6) is 2.40. The molecule has 0 aliphatic carbocycles. The summed E-state index contributed by atoms with van der Waals surface area (Å²) in [4.78, 5) is 2.32. The monoisotopic (exact) mass is 395 g/mol. The van der Waals surface area contributed by atoms with Crippen LogP contribution in [0.25, 0.3) is 0 Å². The number of methoxy groups -OCH3 is 2. The molecular formula is C23H25NO3S. The van der Waals surface area contributed by atoms with Gasteiger partial charge in [-0.2, -0.15) is 0 Å². The van der Waals surface area contributed by atoms with Crippen LogP contribution in [0.4, 0.5) is 0 Å². The molecule has 0 spiro atoms. The van der Waals surface area contributed by atoms with Crippen molar-refractivity contribution in [1.29, 1.82) is 0 Å². The summed E-state index contributed by atoms with van der Waals surface area (Å²) in [5, 5.41) is 3.45. The lowest BCUT2D eigenvalue weighted by atomic mass is 10.2. The lowest BCUT2D eigenvalue weighted by Gasteiger charge is -2.13. The van der Waals surface area contributed by atoms with E-state index in [1.165, 1.54) is 10.5 Å². The molecule has 0 atom stereocenters. The van der Waals surface area contributed by atoms with Gasteiger partial charge < -0.3 is 19.5 Å². The minimum absolute atomic E-state index is 0.572. The minimum Gasteiger partial charge on any atom is -0.496 e. The van der Waals surface area contributed by atoms with E-state index in [1.54, 1.807) is 26.0 Å². The number of hydrogen-bond donors (Lipinski definition) is 1. The summed E-state index contributed by atoms with van der Waals surface area (Å²) in [5.41, 5.74) is 1.25. The Bertz CT molecular complexity index is 885. The van der Waals surface area contributed by atoms with Gasteiger partial charge >= 0.3 is 0 Å². The standard InChI is InChI=1S/C23H25NO3S/c1-25-19-10-4-5-11-20(19)27-16-15-24-17-18-9-3-7-13-22(18)28-23-14-8-6-12-21(23)26-2/h3-14,24H,15-17H2,1-2H3. The Labute approximate surface area is 170 Å².